The minimum Gasteiger partial charge on any atom is -0.481 e. The molecule has 112 valence electrons. The minimum atomic E-state index is -0.676. The number of nitrogens with zero attached hydrogens (tertiary/aromatic N) is 4. The number of benzene rings is 1. The molecule has 21 heavy (non-hydrogen) atoms. The zero-order chi connectivity index (χ0) is 15.0. The molecule has 3 rings (SSSR count). The van der Waals surface area contributed by atoms with E-state index in [4.69, 9.17) is 5.11 Å². The Morgan fingerprint density at radius 1 is 1.33 bits per heavy atom. The van der Waals surface area contributed by atoms with Crippen molar-refractivity contribution in [3.05, 3.63) is 18.2 Å². The van der Waals surface area contributed by atoms with Gasteiger partial charge in [-0.15, -0.1) is 5.10 Å². The van der Waals surface area contributed by atoms with Gasteiger partial charge in [0.05, 0.1) is 11.4 Å². The van der Waals surface area contributed by atoms with Crippen LogP contribution in [-0.2, 0) is 4.79 Å². The fourth-order valence-electron chi connectivity index (χ4n) is 2.89. The Labute approximate surface area is 123 Å². The van der Waals surface area contributed by atoms with Gasteiger partial charge in [0.1, 0.15) is 5.52 Å². The smallest absolute Gasteiger partial charge is 0.306 e. The largest absolute Gasteiger partial charge is 0.481 e. The Balaban J connectivity index is 1.81. The predicted molar refractivity (Wildman–Crippen MR) is 80.5 cm³/mol. The molecule has 0 aliphatic carbocycles. The summed E-state index contributed by atoms with van der Waals surface area (Å²) in [5.41, 5.74) is 3.03. The van der Waals surface area contributed by atoms with E-state index in [2.05, 4.69) is 35.1 Å². The lowest BCUT2D eigenvalue weighted by atomic mass is 9.97. The molecule has 0 atom stereocenters. The van der Waals surface area contributed by atoms with Gasteiger partial charge in [-0.3, -0.25) is 4.79 Å². The monoisotopic (exact) mass is 288 g/mol. The van der Waals surface area contributed by atoms with Crippen LogP contribution < -0.4 is 4.90 Å². The van der Waals surface area contributed by atoms with Gasteiger partial charge in [0.15, 0.2) is 0 Å². The van der Waals surface area contributed by atoms with Crippen LogP contribution in [0.25, 0.3) is 11.0 Å². The fourth-order valence-corrected chi connectivity index (χ4v) is 2.89. The molecule has 0 amide bonds. The average molecular weight is 288 g/mol. The number of fused-ring (bicyclic) bond motifs is 1. The van der Waals surface area contributed by atoms with Crippen LogP contribution in [-0.4, -0.2) is 39.2 Å². The van der Waals surface area contributed by atoms with E-state index in [0.717, 1.165) is 29.8 Å². The second-order valence-corrected chi connectivity index (χ2v) is 5.90. The summed E-state index contributed by atoms with van der Waals surface area (Å²) in [7, 11) is 0. The zero-order valence-corrected chi connectivity index (χ0v) is 12.4. The van der Waals surface area contributed by atoms with Crippen LogP contribution in [0.4, 0.5) is 5.69 Å². The first-order chi connectivity index (χ1) is 10.1. The highest BCUT2D eigenvalue weighted by Gasteiger charge is 2.24. The molecule has 1 aromatic carbocycles. The van der Waals surface area contributed by atoms with Crippen LogP contribution in [0.5, 0.6) is 0 Å². The summed E-state index contributed by atoms with van der Waals surface area (Å²) >= 11 is 0. The summed E-state index contributed by atoms with van der Waals surface area (Å²) in [6.45, 7) is 5.72. The van der Waals surface area contributed by atoms with Crippen molar-refractivity contribution >= 4 is 22.7 Å². The number of piperidine rings is 1. The van der Waals surface area contributed by atoms with Crippen molar-refractivity contribution in [2.75, 3.05) is 18.0 Å². The third kappa shape index (κ3) is 2.57. The van der Waals surface area contributed by atoms with E-state index in [1.54, 1.807) is 0 Å². The molecular weight excluding hydrogens is 268 g/mol. The lowest BCUT2D eigenvalue weighted by molar-refractivity contribution is -0.142. The van der Waals surface area contributed by atoms with Crippen LogP contribution in [0, 0.1) is 5.92 Å². The molecular formula is C15H20N4O2. The highest BCUT2D eigenvalue weighted by atomic mass is 16.4. The molecule has 1 saturated heterocycles. The molecule has 0 bridgehead atoms. The highest BCUT2D eigenvalue weighted by Crippen LogP contribution is 2.26. The number of aliphatic carboxylic acids is 1. The molecule has 1 aromatic heterocycles. The fraction of sp³-hybridized carbons (Fsp3) is 0.533. The molecule has 0 spiro atoms. The van der Waals surface area contributed by atoms with E-state index in [1.165, 1.54) is 0 Å². The number of aromatic nitrogens is 3. The standard InChI is InChI=1S/C15H20N4O2/c1-10(2)19-14-4-3-12(9-13(14)16-17-19)18-7-5-11(6-8-18)15(20)21/h3-4,9-11H,5-8H2,1-2H3,(H,20,21). The van der Waals surface area contributed by atoms with Crippen molar-refractivity contribution in [1.82, 2.24) is 15.0 Å². The summed E-state index contributed by atoms with van der Waals surface area (Å²) < 4.78 is 1.91. The maximum atomic E-state index is 11.0. The molecule has 1 aliphatic rings. The van der Waals surface area contributed by atoms with Crippen molar-refractivity contribution in [3.63, 3.8) is 0 Å². The van der Waals surface area contributed by atoms with Gasteiger partial charge in [-0.2, -0.15) is 0 Å². The Kier molecular flexibility index (Phi) is 3.53. The van der Waals surface area contributed by atoms with Crippen molar-refractivity contribution < 1.29 is 9.90 Å². The van der Waals surface area contributed by atoms with E-state index >= 15 is 0 Å². The molecule has 1 N–H and O–H groups in total. The van der Waals surface area contributed by atoms with Gasteiger partial charge in [-0.25, -0.2) is 4.68 Å². The van der Waals surface area contributed by atoms with Crippen LogP contribution in [0.2, 0.25) is 0 Å². The third-order valence-electron chi connectivity index (χ3n) is 4.15. The number of carboxylic acids is 1. The van der Waals surface area contributed by atoms with E-state index in [0.29, 0.717) is 12.8 Å². The average Bonchev–Trinajstić information content (AvgIpc) is 2.90. The summed E-state index contributed by atoms with van der Waals surface area (Å²) in [6, 6.07) is 6.45. The number of anilines is 1. The van der Waals surface area contributed by atoms with Crippen LogP contribution in [0.15, 0.2) is 18.2 Å². The van der Waals surface area contributed by atoms with E-state index in [-0.39, 0.29) is 12.0 Å². The maximum Gasteiger partial charge on any atom is 0.306 e. The molecule has 0 unspecified atom stereocenters. The number of carboxylic acid groups (broad SMARTS) is 1. The van der Waals surface area contributed by atoms with Gasteiger partial charge in [-0.05, 0) is 44.9 Å². The zero-order valence-electron chi connectivity index (χ0n) is 12.4. The van der Waals surface area contributed by atoms with Gasteiger partial charge in [0.25, 0.3) is 0 Å². The van der Waals surface area contributed by atoms with Gasteiger partial charge >= 0.3 is 5.97 Å². The minimum absolute atomic E-state index is 0.202. The quantitative estimate of drug-likeness (QED) is 0.938. The lowest BCUT2D eigenvalue weighted by Gasteiger charge is -2.31. The molecule has 1 aliphatic heterocycles. The molecule has 6 heteroatoms. The first-order valence-corrected chi connectivity index (χ1v) is 7.39. The van der Waals surface area contributed by atoms with Gasteiger partial charge in [0.2, 0.25) is 0 Å². The Morgan fingerprint density at radius 2 is 2.05 bits per heavy atom. The number of hydrogen-bond donors (Lipinski definition) is 1. The van der Waals surface area contributed by atoms with Crippen molar-refractivity contribution in [2.45, 2.75) is 32.7 Å². The summed E-state index contributed by atoms with van der Waals surface area (Å²) in [5.74, 6) is -0.878. The van der Waals surface area contributed by atoms with E-state index < -0.39 is 5.97 Å². The topological polar surface area (TPSA) is 71.2 Å². The van der Waals surface area contributed by atoms with Gasteiger partial charge in [0, 0.05) is 24.8 Å². The van der Waals surface area contributed by atoms with E-state index in [9.17, 15) is 4.79 Å². The first kappa shape index (κ1) is 13.9. The Hall–Kier alpha value is -2.11. The lowest BCUT2D eigenvalue weighted by Crippen LogP contribution is -2.36. The second-order valence-electron chi connectivity index (χ2n) is 5.90. The number of rotatable bonds is 3. The molecule has 0 saturated carbocycles. The van der Waals surface area contributed by atoms with Crippen LogP contribution in [0.3, 0.4) is 0 Å². The SMILES string of the molecule is CC(C)n1nnc2cc(N3CCC(C(=O)O)CC3)ccc21. The molecule has 2 aromatic rings. The highest BCUT2D eigenvalue weighted by molar-refractivity contribution is 5.79. The summed E-state index contributed by atoms with van der Waals surface area (Å²) in [5, 5.41) is 17.5. The molecule has 2 heterocycles. The Morgan fingerprint density at radius 3 is 2.67 bits per heavy atom. The predicted octanol–water partition coefficient (Wildman–Crippen LogP) is 2.31. The second kappa shape index (κ2) is 5.35. The van der Waals surface area contributed by atoms with Crippen molar-refractivity contribution in [3.8, 4) is 0 Å². The summed E-state index contributed by atoms with van der Waals surface area (Å²) in [4.78, 5) is 13.2. The molecule has 6 nitrogen and oxygen atoms in total. The molecule has 1 fully saturated rings. The first-order valence-electron chi connectivity index (χ1n) is 7.39. The van der Waals surface area contributed by atoms with Crippen molar-refractivity contribution in [1.29, 1.82) is 0 Å². The van der Waals surface area contributed by atoms with E-state index in [1.807, 2.05) is 16.8 Å². The van der Waals surface area contributed by atoms with Gasteiger partial charge < -0.3 is 10.0 Å². The number of carbonyl (C=O) groups is 1. The normalized spacial score (nSPS) is 16.8. The third-order valence-corrected chi connectivity index (χ3v) is 4.15. The van der Waals surface area contributed by atoms with Crippen LogP contribution in [0.1, 0.15) is 32.7 Å². The maximum absolute atomic E-state index is 11.0. The Bertz CT molecular complexity index is 657. The van der Waals surface area contributed by atoms with Gasteiger partial charge in [-0.1, -0.05) is 5.21 Å². The number of hydrogen-bond acceptors (Lipinski definition) is 4. The summed E-state index contributed by atoms with van der Waals surface area (Å²) in [6.07, 6.45) is 1.40. The molecule has 0 radical (unpaired) electrons. The van der Waals surface area contributed by atoms with Crippen molar-refractivity contribution in [2.24, 2.45) is 5.92 Å². The van der Waals surface area contributed by atoms with Crippen LogP contribution >= 0.6 is 0 Å².